The first kappa shape index (κ1) is 22.3. The maximum Gasteiger partial charge on any atom is 0.268 e. The molecule has 1 saturated heterocycles. The zero-order valence-electron chi connectivity index (χ0n) is 17.1. The molecule has 0 unspecified atom stereocenters. The first-order valence-electron chi connectivity index (χ1n) is 10.3. The van der Waals surface area contributed by atoms with Crippen molar-refractivity contribution in [2.45, 2.75) is 30.8 Å². The Morgan fingerprint density at radius 3 is 2.47 bits per heavy atom. The number of likely N-dealkylation sites (tertiary alicyclic amines) is 1. The maximum atomic E-state index is 13.0. The number of β-amino-alcohol motifs (C(OH)–C–C–N with tert-alkyl or cyclic N) is 2. The van der Waals surface area contributed by atoms with Gasteiger partial charge >= 0.3 is 0 Å². The summed E-state index contributed by atoms with van der Waals surface area (Å²) >= 11 is 6.02. The van der Waals surface area contributed by atoms with Crippen LogP contribution in [0.1, 0.15) is 16.1 Å². The van der Waals surface area contributed by atoms with Crippen molar-refractivity contribution in [2.24, 2.45) is 0 Å². The van der Waals surface area contributed by atoms with E-state index in [1.807, 2.05) is 30.3 Å². The maximum absolute atomic E-state index is 13.0. The van der Waals surface area contributed by atoms with Crippen LogP contribution in [-0.2, 0) is 11.2 Å². The highest BCUT2D eigenvalue weighted by atomic mass is 35.5. The number of carbonyl (C=O) groups excluding carboxylic acids is 2. The number of aromatic amines is 1. The van der Waals surface area contributed by atoms with Gasteiger partial charge in [0.1, 0.15) is 5.69 Å². The molecular formula is C23H24ClN3O5. The molecule has 0 aliphatic carbocycles. The van der Waals surface area contributed by atoms with Crippen LogP contribution in [-0.4, -0.2) is 74.5 Å². The third kappa shape index (κ3) is 4.78. The molecule has 2 aromatic carbocycles. The topological polar surface area (TPSA) is 126 Å². The van der Waals surface area contributed by atoms with Crippen molar-refractivity contribution >= 4 is 34.3 Å². The molecule has 9 heteroatoms. The quantitative estimate of drug-likeness (QED) is 0.379. The monoisotopic (exact) mass is 457 g/mol. The van der Waals surface area contributed by atoms with E-state index in [0.29, 0.717) is 5.02 Å². The molecule has 0 bridgehead atoms. The van der Waals surface area contributed by atoms with Crippen LogP contribution in [0, 0.1) is 0 Å². The predicted octanol–water partition coefficient (Wildman–Crippen LogP) is 1.09. The standard InChI is InChI=1S/C23H24ClN3O5/c24-15-6-7-16-14(9-15)10-18(25-16)22(31)26-17(8-13-4-2-1-3-5-13)21(30)23(32)27-11-19(28)20(29)12-27/h1-7,9-10,17,19-21,25,28-30H,8,11-12H2,(H,26,31)/t17-,19-,20+,21+/m1/s1. The van der Waals surface area contributed by atoms with Crippen molar-refractivity contribution in [3.8, 4) is 0 Å². The van der Waals surface area contributed by atoms with Gasteiger partial charge in [-0.25, -0.2) is 0 Å². The molecule has 1 fully saturated rings. The lowest BCUT2D eigenvalue weighted by Gasteiger charge is -2.27. The number of aromatic nitrogens is 1. The van der Waals surface area contributed by atoms with Gasteiger partial charge < -0.3 is 30.5 Å². The highest BCUT2D eigenvalue weighted by molar-refractivity contribution is 6.31. The number of nitrogens with zero attached hydrogens (tertiary/aromatic N) is 1. The lowest BCUT2D eigenvalue weighted by atomic mass is 10.00. The smallest absolute Gasteiger partial charge is 0.268 e. The minimum atomic E-state index is -1.56. The van der Waals surface area contributed by atoms with Crippen molar-refractivity contribution < 1.29 is 24.9 Å². The molecule has 4 rings (SSSR count). The number of fused-ring (bicyclic) bond motifs is 1. The molecule has 0 radical (unpaired) electrons. The van der Waals surface area contributed by atoms with Gasteiger partial charge in [0, 0.05) is 29.0 Å². The molecule has 1 aliphatic heterocycles. The van der Waals surface area contributed by atoms with Crippen molar-refractivity contribution in [3.05, 3.63) is 70.9 Å². The number of carbonyl (C=O) groups is 2. The van der Waals surface area contributed by atoms with Gasteiger partial charge in [0.05, 0.1) is 18.2 Å². The van der Waals surface area contributed by atoms with Gasteiger partial charge in [-0.2, -0.15) is 0 Å². The summed E-state index contributed by atoms with van der Waals surface area (Å²) in [5.41, 5.74) is 1.83. The van der Waals surface area contributed by atoms with E-state index in [2.05, 4.69) is 10.3 Å². The van der Waals surface area contributed by atoms with Crippen LogP contribution >= 0.6 is 11.6 Å². The molecular weight excluding hydrogens is 434 g/mol. The Bertz CT molecular complexity index is 1110. The van der Waals surface area contributed by atoms with E-state index in [1.165, 1.54) is 4.90 Å². The summed E-state index contributed by atoms with van der Waals surface area (Å²) in [6.07, 6.45) is -3.47. The molecule has 1 aromatic heterocycles. The van der Waals surface area contributed by atoms with Gasteiger partial charge in [-0.05, 0) is 36.2 Å². The first-order chi connectivity index (χ1) is 15.3. The summed E-state index contributed by atoms with van der Waals surface area (Å²) < 4.78 is 0. The van der Waals surface area contributed by atoms with E-state index in [4.69, 9.17) is 11.6 Å². The molecule has 1 aliphatic rings. The van der Waals surface area contributed by atoms with Crippen molar-refractivity contribution in [1.29, 1.82) is 0 Å². The van der Waals surface area contributed by atoms with Crippen molar-refractivity contribution in [1.82, 2.24) is 15.2 Å². The Labute approximate surface area is 189 Å². The number of aliphatic hydroxyl groups is 3. The molecule has 2 amide bonds. The number of halogens is 1. The number of nitrogens with one attached hydrogen (secondary N) is 2. The summed E-state index contributed by atoms with van der Waals surface area (Å²) in [5.74, 6) is -1.14. The van der Waals surface area contributed by atoms with Crippen molar-refractivity contribution in [2.75, 3.05) is 13.1 Å². The predicted molar refractivity (Wildman–Crippen MR) is 119 cm³/mol. The molecule has 2 heterocycles. The Morgan fingerprint density at radius 1 is 1.09 bits per heavy atom. The fraction of sp³-hybridized carbons (Fsp3) is 0.304. The van der Waals surface area contributed by atoms with Crippen LogP contribution in [0.3, 0.4) is 0 Å². The Hall–Kier alpha value is -2.91. The summed E-state index contributed by atoms with van der Waals surface area (Å²) in [4.78, 5) is 30.0. The number of H-pyrrole nitrogens is 1. The zero-order chi connectivity index (χ0) is 22.8. The average Bonchev–Trinajstić information content (AvgIpc) is 3.35. The Morgan fingerprint density at radius 2 is 1.78 bits per heavy atom. The van der Waals surface area contributed by atoms with Gasteiger partial charge in [-0.3, -0.25) is 9.59 Å². The summed E-state index contributed by atoms with van der Waals surface area (Å²) in [7, 11) is 0. The Balaban J connectivity index is 1.55. The Kier molecular flexibility index (Phi) is 6.48. The number of amides is 2. The SMILES string of the molecule is O=C(N[C@H](Cc1ccccc1)[C@H](O)C(=O)N1C[C@@H](O)[C@@H](O)C1)c1cc2cc(Cl)ccc2[nH]1. The molecule has 4 atom stereocenters. The number of hydrogen-bond donors (Lipinski definition) is 5. The zero-order valence-corrected chi connectivity index (χ0v) is 17.9. The van der Waals surface area contributed by atoms with Gasteiger partial charge in [0.25, 0.3) is 11.8 Å². The second-order valence-corrected chi connectivity index (χ2v) is 8.44. The van der Waals surface area contributed by atoms with E-state index in [1.54, 1.807) is 24.3 Å². The lowest BCUT2D eigenvalue weighted by molar-refractivity contribution is -0.141. The van der Waals surface area contributed by atoms with Gasteiger partial charge in [-0.15, -0.1) is 0 Å². The number of benzene rings is 2. The largest absolute Gasteiger partial charge is 0.388 e. The van der Waals surface area contributed by atoms with E-state index in [-0.39, 0.29) is 25.2 Å². The summed E-state index contributed by atoms with van der Waals surface area (Å²) in [6, 6.07) is 15.1. The molecule has 168 valence electrons. The van der Waals surface area contributed by atoms with Gasteiger partial charge in [-0.1, -0.05) is 41.9 Å². The molecule has 5 N–H and O–H groups in total. The van der Waals surface area contributed by atoms with Crippen LogP contribution in [0.15, 0.2) is 54.6 Å². The number of rotatable bonds is 6. The molecule has 0 saturated carbocycles. The van der Waals surface area contributed by atoms with Crippen LogP contribution in [0.5, 0.6) is 0 Å². The molecule has 8 nitrogen and oxygen atoms in total. The normalized spacial score (nSPS) is 20.3. The van der Waals surface area contributed by atoms with E-state index in [9.17, 15) is 24.9 Å². The highest BCUT2D eigenvalue weighted by Gasteiger charge is 2.38. The second kappa shape index (κ2) is 9.30. The number of aliphatic hydroxyl groups excluding tert-OH is 3. The highest BCUT2D eigenvalue weighted by Crippen LogP contribution is 2.21. The average molecular weight is 458 g/mol. The second-order valence-electron chi connectivity index (χ2n) is 8.01. The minimum absolute atomic E-state index is 0.0775. The molecule has 0 spiro atoms. The van der Waals surface area contributed by atoms with Crippen LogP contribution in [0.25, 0.3) is 10.9 Å². The van der Waals surface area contributed by atoms with E-state index >= 15 is 0 Å². The summed E-state index contributed by atoms with van der Waals surface area (Å²) in [5, 5.41) is 34.4. The fourth-order valence-electron chi connectivity index (χ4n) is 3.89. The van der Waals surface area contributed by atoms with Crippen LogP contribution in [0.4, 0.5) is 0 Å². The van der Waals surface area contributed by atoms with E-state index in [0.717, 1.165) is 16.5 Å². The first-order valence-corrected chi connectivity index (χ1v) is 10.7. The van der Waals surface area contributed by atoms with Crippen LogP contribution in [0.2, 0.25) is 5.02 Å². The van der Waals surface area contributed by atoms with Crippen LogP contribution < -0.4 is 5.32 Å². The fourth-order valence-corrected chi connectivity index (χ4v) is 4.07. The molecule has 32 heavy (non-hydrogen) atoms. The summed E-state index contributed by atoms with van der Waals surface area (Å²) in [6.45, 7) is -0.155. The lowest BCUT2D eigenvalue weighted by Crippen LogP contribution is -2.52. The minimum Gasteiger partial charge on any atom is -0.388 e. The molecule has 3 aromatic rings. The van der Waals surface area contributed by atoms with Gasteiger partial charge in [0.15, 0.2) is 6.10 Å². The van der Waals surface area contributed by atoms with E-state index < -0.39 is 36.2 Å². The third-order valence-electron chi connectivity index (χ3n) is 5.65. The van der Waals surface area contributed by atoms with Gasteiger partial charge in [0.2, 0.25) is 0 Å². The number of hydrogen-bond acceptors (Lipinski definition) is 5. The van der Waals surface area contributed by atoms with Crippen molar-refractivity contribution in [3.63, 3.8) is 0 Å². The third-order valence-corrected chi connectivity index (χ3v) is 5.88.